The summed E-state index contributed by atoms with van der Waals surface area (Å²) in [6.45, 7) is 3.04. The van der Waals surface area contributed by atoms with E-state index in [9.17, 15) is 8.42 Å². The molecule has 1 heterocycles. The summed E-state index contributed by atoms with van der Waals surface area (Å²) in [4.78, 5) is 4.61. The number of aryl methyl sites for hydroxylation is 2. The van der Waals surface area contributed by atoms with E-state index in [0.717, 1.165) is 43.6 Å². The number of unbranched alkanes of at least 4 members (excludes halogenated alkanes) is 2. The summed E-state index contributed by atoms with van der Waals surface area (Å²) in [6.07, 6.45) is 9.33. The molecule has 3 rings (SSSR count). The van der Waals surface area contributed by atoms with Gasteiger partial charge in [0.15, 0.2) is 0 Å². The molecule has 0 bridgehead atoms. The molecule has 26 heavy (non-hydrogen) atoms. The van der Waals surface area contributed by atoms with Gasteiger partial charge in [0.05, 0.1) is 16.8 Å². The molecule has 1 aliphatic carbocycles. The van der Waals surface area contributed by atoms with E-state index in [2.05, 4.69) is 21.9 Å². The Labute approximate surface area is 156 Å². The van der Waals surface area contributed by atoms with Gasteiger partial charge in [0.2, 0.25) is 0 Å². The van der Waals surface area contributed by atoms with Crippen LogP contribution in [0.3, 0.4) is 0 Å². The number of aromatic nitrogens is 1. The summed E-state index contributed by atoms with van der Waals surface area (Å²) in [5.41, 5.74) is 2.90. The van der Waals surface area contributed by atoms with Crippen LogP contribution in [0.25, 0.3) is 0 Å². The average Bonchev–Trinajstić information content (AvgIpc) is 2.66. The Hall–Kier alpha value is -2.08. The zero-order valence-corrected chi connectivity index (χ0v) is 16.1. The predicted molar refractivity (Wildman–Crippen MR) is 106 cm³/mol. The fraction of sp³-hybridized carbons (Fsp3) is 0.450. The van der Waals surface area contributed by atoms with Gasteiger partial charge in [-0.1, -0.05) is 25.8 Å². The lowest BCUT2D eigenvalue weighted by atomic mass is 9.92. The topological polar surface area (TPSA) is 71.1 Å². The van der Waals surface area contributed by atoms with Crippen molar-refractivity contribution in [1.82, 2.24) is 4.98 Å². The first-order valence-corrected chi connectivity index (χ1v) is 10.9. The Kier molecular flexibility index (Phi) is 6.14. The van der Waals surface area contributed by atoms with Crippen LogP contribution >= 0.6 is 0 Å². The summed E-state index contributed by atoms with van der Waals surface area (Å²) in [7, 11) is -3.59. The molecule has 5 nitrogen and oxygen atoms in total. The molecule has 0 unspecified atom stereocenters. The summed E-state index contributed by atoms with van der Waals surface area (Å²) in [5.74, 6) is 0.762. The molecule has 0 aliphatic heterocycles. The number of rotatable bonds is 8. The zero-order valence-electron chi connectivity index (χ0n) is 15.3. The van der Waals surface area contributed by atoms with E-state index < -0.39 is 10.0 Å². The number of fused-ring (bicyclic) bond motifs is 1. The number of nitrogens with zero attached hydrogens (tertiary/aromatic N) is 1. The molecule has 0 amide bonds. The van der Waals surface area contributed by atoms with Crippen molar-refractivity contribution in [2.45, 2.75) is 56.8 Å². The lowest BCUT2D eigenvalue weighted by Gasteiger charge is -2.17. The first-order valence-electron chi connectivity index (χ1n) is 9.43. The number of hydrogen-bond acceptors (Lipinski definition) is 4. The molecule has 0 radical (unpaired) electrons. The lowest BCUT2D eigenvalue weighted by molar-refractivity contribution is 0.600. The summed E-state index contributed by atoms with van der Waals surface area (Å²) < 4.78 is 28.0. The fourth-order valence-corrected chi connectivity index (χ4v) is 4.33. The highest BCUT2D eigenvalue weighted by Crippen LogP contribution is 2.25. The van der Waals surface area contributed by atoms with Crippen LogP contribution in [0.4, 0.5) is 11.5 Å². The van der Waals surface area contributed by atoms with Crippen LogP contribution in [0.2, 0.25) is 0 Å². The van der Waals surface area contributed by atoms with Crippen LogP contribution in [0.1, 0.15) is 50.2 Å². The van der Waals surface area contributed by atoms with Crippen molar-refractivity contribution in [3.8, 4) is 0 Å². The Bertz CT molecular complexity index is 833. The standard InChI is InChI=1S/C20H27N3O2S/c1-2-3-6-13-21-20-12-10-18(15-22-20)23-26(24,25)19-11-9-16-7-4-5-8-17(16)14-19/h9-12,14-15,23H,2-8,13H2,1H3,(H,21,22). The van der Waals surface area contributed by atoms with Gasteiger partial charge in [-0.3, -0.25) is 4.72 Å². The number of pyridine rings is 1. The molecule has 6 heteroatoms. The smallest absolute Gasteiger partial charge is 0.261 e. The van der Waals surface area contributed by atoms with Gasteiger partial charge in [0.1, 0.15) is 5.82 Å². The molecule has 0 fully saturated rings. The highest BCUT2D eigenvalue weighted by Gasteiger charge is 2.18. The molecule has 1 aromatic carbocycles. The van der Waals surface area contributed by atoms with Gasteiger partial charge in [0, 0.05) is 6.54 Å². The van der Waals surface area contributed by atoms with Crippen molar-refractivity contribution in [1.29, 1.82) is 0 Å². The van der Waals surface area contributed by atoms with Gasteiger partial charge in [0.25, 0.3) is 10.0 Å². The highest BCUT2D eigenvalue weighted by atomic mass is 32.2. The van der Waals surface area contributed by atoms with E-state index in [1.807, 2.05) is 12.1 Å². The minimum Gasteiger partial charge on any atom is -0.370 e. The van der Waals surface area contributed by atoms with Crippen LogP contribution in [-0.2, 0) is 22.9 Å². The predicted octanol–water partition coefficient (Wildman–Crippen LogP) is 4.36. The molecule has 0 spiro atoms. The SMILES string of the molecule is CCCCCNc1ccc(NS(=O)(=O)c2ccc3c(c2)CCCC3)cn1. The van der Waals surface area contributed by atoms with Crippen LogP contribution in [-0.4, -0.2) is 19.9 Å². The second-order valence-corrected chi connectivity index (χ2v) is 8.49. The van der Waals surface area contributed by atoms with E-state index in [1.165, 1.54) is 24.8 Å². The van der Waals surface area contributed by atoms with Gasteiger partial charge >= 0.3 is 0 Å². The first-order chi connectivity index (χ1) is 12.6. The van der Waals surface area contributed by atoms with Crippen molar-refractivity contribution in [3.63, 3.8) is 0 Å². The molecule has 1 aromatic heterocycles. The second-order valence-electron chi connectivity index (χ2n) is 6.81. The Balaban J connectivity index is 1.65. The minimum atomic E-state index is -3.59. The van der Waals surface area contributed by atoms with Crippen LogP contribution in [0, 0.1) is 0 Å². The fourth-order valence-electron chi connectivity index (χ4n) is 3.24. The maximum Gasteiger partial charge on any atom is 0.261 e. The minimum absolute atomic E-state index is 0.319. The van der Waals surface area contributed by atoms with Gasteiger partial charge < -0.3 is 5.32 Å². The van der Waals surface area contributed by atoms with Gasteiger partial charge in [-0.05, 0) is 67.5 Å². The van der Waals surface area contributed by atoms with Crippen molar-refractivity contribution < 1.29 is 8.42 Å². The summed E-state index contributed by atoms with van der Waals surface area (Å²) >= 11 is 0. The van der Waals surface area contributed by atoms with Gasteiger partial charge in [-0.25, -0.2) is 13.4 Å². The molecule has 1 aliphatic rings. The number of hydrogen-bond donors (Lipinski definition) is 2. The van der Waals surface area contributed by atoms with Crippen LogP contribution in [0.15, 0.2) is 41.4 Å². The second kappa shape index (κ2) is 8.54. The normalized spacial score (nSPS) is 13.9. The number of sulfonamides is 1. The van der Waals surface area contributed by atoms with E-state index in [1.54, 1.807) is 24.4 Å². The van der Waals surface area contributed by atoms with E-state index in [0.29, 0.717) is 10.6 Å². The molecular formula is C20H27N3O2S. The average molecular weight is 374 g/mol. The van der Waals surface area contributed by atoms with Gasteiger partial charge in [-0.2, -0.15) is 0 Å². The summed E-state index contributed by atoms with van der Waals surface area (Å²) in [6, 6.07) is 9.00. The third kappa shape index (κ3) is 4.75. The van der Waals surface area contributed by atoms with Crippen molar-refractivity contribution in [2.24, 2.45) is 0 Å². The maximum absolute atomic E-state index is 12.7. The lowest BCUT2D eigenvalue weighted by Crippen LogP contribution is -2.14. The van der Waals surface area contributed by atoms with Crippen molar-refractivity contribution in [3.05, 3.63) is 47.7 Å². The van der Waals surface area contributed by atoms with Crippen LogP contribution in [0.5, 0.6) is 0 Å². The quantitative estimate of drug-likeness (QED) is 0.674. The monoisotopic (exact) mass is 373 g/mol. The van der Waals surface area contributed by atoms with E-state index >= 15 is 0 Å². The molecule has 0 atom stereocenters. The molecule has 0 saturated heterocycles. The highest BCUT2D eigenvalue weighted by molar-refractivity contribution is 7.92. The number of anilines is 2. The van der Waals surface area contributed by atoms with Crippen molar-refractivity contribution >= 4 is 21.5 Å². The molecule has 0 saturated carbocycles. The first kappa shape index (κ1) is 18.7. The maximum atomic E-state index is 12.7. The van der Waals surface area contributed by atoms with Crippen LogP contribution < -0.4 is 10.0 Å². The molecule has 2 N–H and O–H groups in total. The van der Waals surface area contributed by atoms with E-state index in [-0.39, 0.29) is 0 Å². The summed E-state index contributed by atoms with van der Waals surface area (Å²) in [5, 5.41) is 3.25. The largest absolute Gasteiger partial charge is 0.370 e. The van der Waals surface area contributed by atoms with E-state index in [4.69, 9.17) is 0 Å². The van der Waals surface area contributed by atoms with Crippen molar-refractivity contribution in [2.75, 3.05) is 16.6 Å². The molecular weight excluding hydrogens is 346 g/mol. The third-order valence-electron chi connectivity index (χ3n) is 4.73. The Morgan fingerprint density at radius 1 is 1.04 bits per heavy atom. The Morgan fingerprint density at radius 2 is 1.85 bits per heavy atom. The van der Waals surface area contributed by atoms with Gasteiger partial charge in [-0.15, -0.1) is 0 Å². The zero-order chi connectivity index (χ0) is 18.4. The Morgan fingerprint density at radius 3 is 2.58 bits per heavy atom. The molecule has 140 valence electrons. The molecule has 2 aromatic rings. The third-order valence-corrected chi connectivity index (χ3v) is 6.11. The number of benzene rings is 1. The number of nitrogens with one attached hydrogen (secondary N) is 2.